The topological polar surface area (TPSA) is 155 Å². The molecule has 1 aromatic heterocycles. The van der Waals surface area contributed by atoms with Crippen LogP contribution in [-0.2, 0) is 25.4 Å². The summed E-state index contributed by atoms with van der Waals surface area (Å²) in [6.45, 7) is -0.322. The monoisotopic (exact) mass is 745 g/mol. The van der Waals surface area contributed by atoms with Crippen LogP contribution in [-0.4, -0.2) is 64.2 Å². The molecule has 3 amide bonds. The van der Waals surface area contributed by atoms with Crippen molar-refractivity contribution in [2.24, 2.45) is 29.6 Å². The van der Waals surface area contributed by atoms with E-state index in [4.69, 9.17) is 14.6 Å². The van der Waals surface area contributed by atoms with Gasteiger partial charge in [0.2, 0.25) is 11.8 Å². The number of nitrogens with one attached hydrogen (secondary N) is 2. The Morgan fingerprint density at radius 2 is 1.76 bits per heavy atom. The van der Waals surface area contributed by atoms with Crippen LogP contribution in [0.3, 0.4) is 0 Å². The first kappa shape index (κ1) is 35.1. The van der Waals surface area contributed by atoms with Crippen molar-refractivity contribution in [3.63, 3.8) is 0 Å². The summed E-state index contributed by atoms with van der Waals surface area (Å²) in [5.74, 6) is -2.98. The van der Waals surface area contributed by atoms with Crippen molar-refractivity contribution >= 4 is 52.5 Å². The molecule has 4 aliphatic rings. The number of nitrogens with zero attached hydrogens (tertiary/aromatic N) is 1. The summed E-state index contributed by atoms with van der Waals surface area (Å²) in [6, 6.07) is 9.82. The average Bonchev–Trinajstić information content (AvgIpc) is 3.82. The lowest BCUT2D eigenvalue weighted by molar-refractivity contribution is -0.141. The number of fused-ring (bicyclic) bond motifs is 9. The Hall–Kier alpha value is -4.31. The molecule has 3 fully saturated rings. The first-order chi connectivity index (χ1) is 24.4. The minimum absolute atomic E-state index is 0.0311. The number of amides is 3. The number of thioether (sulfide) groups is 1. The highest BCUT2D eigenvalue weighted by Crippen LogP contribution is 2.68. The third-order valence-corrected chi connectivity index (χ3v) is 13.1. The fourth-order valence-corrected chi connectivity index (χ4v) is 11.4. The number of ether oxygens (including phenoxy) is 2. The number of likely N-dealkylation sites (tertiary alicyclic amines) is 1. The smallest absolute Gasteiger partial charge is 0.418 e. The Balaban J connectivity index is 1.11. The van der Waals surface area contributed by atoms with E-state index in [0.717, 1.165) is 38.9 Å². The maximum absolute atomic E-state index is 13.8. The minimum Gasteiger partial charge on any atom is -0.493 e. The number of rotatable bonds is 12. The molecule has 2 aliphatic heterocycles. The third kappa shape index (κ3) is 6.40. The van der Waals surface area contributed by atoms with Crippen molar-refractivity contribution in [3.8, 4) is 11.5 Å². The number of benzene rings is 2. The van der Waals surface area contributed by atoms with E-state index in [0.29, 0.717) is 25.7 Å². The number of carbonyl (C=O) groups excluding carboxylic acids is 3. The number of imide groups is 1. The molecule has 2 aliphatic carbocycles. The van der Waals surface area contributed by atoms with E-state index in [2.05, 4.69) is 10.3 Å². The van der Waals surface area contributed by atoms with E-state index in [9.17, 15) is 37.1 Å². The highest BCUT2D eigenvalue weighted by molar-refractivity contribution is 8.00. The molecule has 2 bridgehead atoms. The maximum atomic E-state index is 13.8. The zero-order valence-corrected chi connectivity index (χ0v) is 28.9. The van der Waals surface area contributed by atoms with Crippen molar-refractivity contribution in [2.45, 2.75) is 54.5 Å². The molecule has 7 atom stereocenters. The normalized spacial score (nSPS) is 26.1. The van der Waals surface area contributed by atoms with Gasteiger partial charge in [0.25, 0.3) is 5.91 Å². The maximum Gasteiger partial charge on any atom is 0.418 e. The largest absolute Gasteiger partial charge is 0.493 e. The highest BCUT2D eigenvalue weighted by Gasteiger charge is 2.69. The number of carboxylic acids is 1. The number of hydrogen-bond acceptors (Lipinski definition) is 9. The Morgan fingerprint density at radius 3 is 2.49 bits per heavy atom. The molecular formula is C35H34F3N3O8S2. The standard InChI is InChI=1S/C35H34F3N3O8S2/c1-48-22-13-16(10-11-21(22)49-15-23(42)39-20-8-5-4-7-19(20)35(36,37)38)25-26-17-14-18(29(26)50-31-30(25)51-34(47)40-31)28-27(17)32(45)41(33(28)46)12-6-2-3-9-24(43)44/h4-5,7-8,10-11,13,17-18,25-29H,2-3,6,9,12,14-15H2,1H3,(H,39,42)(H,40,47)(H,43,44)/t17?,18?,25-,26?,27?,28?,29?/m1/s1. The third-order valence-electron chi connectivity index (χ3n) is 10.5. The highest BCUT2D eigenvalue weighted by atomic mass is 32.2. The van der Waals surface area contributed by atoms with Gasteiger partial charge in [0.15, 0.2) is 18.1 Å². The number of hydrogen-bond donors (Lipinski definition) is 3. The van der Waals surface area contributed by atoms with Gasteiger partial charge in [-0.3, -0.25) is 28.9 Å². The van der Waals surface area contributed by atoms with Crippen molar-refractivity contribution in [1.29, 1.82) is 0 Å². The number of methoxy groups -OCH3 is 1. The van der Waals surface area contributed by atoms with Crippen LogP contribution in [0.5, 0.6) is 11.5 Å². The molecule has 7 rings (SSSR count). The average molecular weight is 746 g/mol. The first-order valence-electron chi connectivity index (χ1n) is 16.6. The van der Waals surface area contributed by atoms with Gasteiger partial charge >= 0.3 is 17.0 Å². The molecule has 3 aromatic rings. The Labute approximate surface area is 297 Å². The molecule has 16 heteroatoms. The van der Waals surface area contributed by atoms with Crippen LogP contribution in [0.1, 0.15) is 54.0 Å². The molecular weight excluding hydrogens is 712 g/mol. The van der Waals surface area contributed by atoms with Crippen molar-refractivity contribution in [1.82, 2.24) is 9.88 Å². The molecule has 2 aromatic carbocycles. The van der Waals surface area contributed by atoms with Gasteiger partial charge in [-0.1, -0.05) is 36.0 Å². The number of carbonyl (C=O) groups is 4. The van der Waals surface area contributed by atoms with Crippen molar-refractivity contribution < 1.29 is 46.9 Å². The van der Waals surface area contributed by atoms with Crippen LogP contribution < -0.4 is 19.7 Å². The molecule has 3 heterocycles. The predicted octanol–water partition coefficient (Wildman–Crippen LogP) is 5.60. The number of aromatic nitrogens is 1. The number of unbranched alkanes of at least 4 members (excludes halogenated alkanes) is 2. The first-order valence-corrected chi connectivity index (χ1v) is 18.3. The number of aromatic amines is 1. The Morgan fingerprint density at radius 1 is 1.02 bits per heavy atom. The molecule has 0 radical (unpaired) electrons. The van der Waals surface area contributed by atoms with Crippen LogP contribution in [0.4, 0.5) is 18.9 Å². The number of halogens is 3. The van der Waals surface area contributed by atoms with Crippen LogP contribution in [0.15, 0.2) is 52.3 Å². The van der Waals surface area contributed by atoms with Gasteiger partial charge in [-0.25, -0.2) is 0 Å². The van der Waals surface area contributed by atoms with Gasteiger partial charge in [-0.05, 0) is 66.8 Å². The summed E-state index contributed by atoms with van der Waals surface area (Å²) < 4.78 is 51.5. The SMILES string of the molecule is COc1cc([C@H]2c3sc(=O)[nH]c3SC3C4CC(C5C(=O)N(CCCCCC(=O)O)C(=O)C45)C32)ccc1OCC(=O)Nc1ccccc1C(F)(F)F. The van der Waals surface area contributed by atoms with E-state index in [1.165, 1.54) is 24.1 Å². The number of aliphatic carboxylic acids is 1. The lowest BCUT2D eigenvalue weighted by Gasteiger charge is -2.43. The molecule has 3 N–H and O–H groups in total. The van der Waals surface area contributed by atoms with E-state index in [-0.39, 0.29) is 75.8 Å². The van der Waals surface area contributed by atoms with Crippen molar-refractivity contribution in [2.75, 3.05) is 25.6 Å². The molecule has 270 valence electrons. The summed E-state index contributed by atoms with van der Waals surface area (Å²) in [6.07, 6.45) is -2.29. The number of alkyl halides is 3. The van der Waals surface area contributed by atoms with E-state index >= 15 is 0 Å². The van der Waals surface area contributed by atoms with Crippen molar-refractivity contribution in [3.05, 3.63) is 68.1 Å². The molecule has 11 nitrogen and oxygen atoms in total. The van der Waals surface area contributed by atoms with Crippen LogP contribution in [0, 0.1) is 29.6 Å². The molecule has 6 unspecified atom stereocenters. The van der Waals surface area contributed by atoms with Gasteiger partial charge < -0.3 is 24.9 Å². The zero-order valence-electron chi connectivity index (χ0n) is 27.2. The second-order valence-electron chi connectivity index (χ2n) is 13.3. The van der Waals surface area contributed by atoms with Crippen LogP contribution in [0.2, 0.25) is 0 Å². The second-order valence-corrected chi connectivity index (χ2v) is 15.5. The minimum atomic E-state index is -4.66. The Kier molecular flexibility index (Phi) is 9.41. The summed E-state index contributed by atoms with van der Waals surface area (Å²) in [5.41, 5.74) is -0.570. The zero-order chi connectivity index (χ0) is 36.2. The summed E-state index contributed by atoms with van der Waals surface area (Å²) >= 11 is 2.67. The fraction of sp³-hybridized carbons (Fsp3) is 0.457. The van der Waals surface area contributed by atoms with Gasteiger partial charge in [0.05, 0.1) is 35.2 Å². The number of carboxylic acid groups (broad SMARTS) is 1. The van der Waals surface area contributed by atoms with E-state index < -0.39 is 42.1 Å². The number of thiazole rings is 1. The summed E-state index contributed by atoms with van der Waals surface area (Å²) in [7, 11) is 1.42. The van der Waals surface area contributed by atoms with Crippen LogP contribution >= 0.6 is 23.1 Å². The predicted molar refractivity (Wildman–Crippen MR) is 180 cm³/mol. The lowest BCUT2D eigenvalue weighted by Crippen LogP contribution is -2.42. The van der Waals surface area contributed by atoms with E-state index in [1.54, 1.807) is 30.0 Å². The molecule has 51 heavy (non-hydrogen) atoms. The number of anilines is 1. The van der Waals surface area contributed by atoms with E-state index in [1.807, 2.05) is 0 Å². The van der Waals surface area contributed by atoms with Crippen LogP contribution in [0.25, 0.3) is 0 Å². The van der Waals surface area contributed by atoms with Gasteiger partial charge in [-0.2, -0.15) is 13.2 Å². The second kappa shape index (κ2) is 13.7. The number of para-hydroxylation sites is 1. The molecule has 2 saturated carbocycles. The quantitative estimate of drug-likeness (QED) is 0.159. The van der Waals surface area contributed by atoms with Gasteiger partial charge in [0.1, 0.15) is 0 Å². The number of H-pyrrole nitrogens is 1. The van der Waals surface area contributed by atoms with Gasteiger partial charge in [0, 0.05) is 29.0 Å². The van der Waals surface area contributed by atoms with Gasteiger partial charge in [-0.15, -0.1) is 11.8 Å². The summed E-state index contributed by atoms with van der Waals surface area (Å²) in [4.78, 5) is 68.6. The molecule has 1 saturated heterocycles. The summed E-state index contributed by atoms with van der Waals surface area (Å²) in [5, 5.41) is 11.9. The Bertz CT molecular complexity index is 1950. The lowest BCUT2D eigenvalue weighted by atomic mass is 9.68. The molecule has 0 spiro atoms. The fourth-order valence-electron chi connectivity index (χ4n) is 8.56.